The monoisotopic (exact) mass is 180 g/mol. The third-order valence-corrected chi connectivity index (χ3v) is 2.84. The molecule has 4 heteroatoms. The van der Waals surface area contributed by atoms with Gasteiger partial charge in [0, 0.05) is 12.6 Å². The highest BCUT2D eigenvalue weighted by Crippen LogP contribution is 2.27. The number of nitrogens with two attached hydrogens (primary N) is 1. The van der Waals surface area contributed by atoms with E-state index in [4.69, 9.17) is 5.73 Å². The molecule has 0 saturated heterocycles. The molecule has 1 heterocycles. The van der Waals surface area contributed by atoms with Crippen LogP contribution >= 0.6 is 0 Å². The molecular formula is C9H16N4. The zero-order valence-corrected chi connectivity index (χ0v) is 7.76. The highest BCUT2D eigenvalue weighted by Gasteiger charge is 2.20. The predicted molar refractivity (Wildman–Crippen MR) is 50.0 cm³/mol. The van der Waals surface area contributed by atoms with Crippen LogP contribution in [0, 0.1) is 5.92 Å². The fourth-order valence-corrected chi connectivity index (χ4v) is 2.05. The topological polar surface area (TPSA) is 56.7 Å². The summed E-state index contributed by atoms with van der Waals surface area (Å²) in [6.45, 7) is 1.03. The summed E-state index contributed by atoms with van der Waals surface area (Å²) in [6.07, 6.45) is 8.45. The van der Waals surface area contributed by atoms with Gasteiger partial charge in [0.2, 0.25) is 0 Å². The van der Waals surface area contributed by atoms with Crippen molar-refractivity contribution in [2.24, 2.45) is 11.7 Å². The van der Waals surface area contributed by atoms with Gasteiger partial charge in [-0.1, -0.05) is 0 Å². The van der Waals surface area contributed by atoms with Gasteiger partial charge in [-0.25, -0.2) is 0 Å². The summed E-state index contributed by atoms with van der Waals surface area (Å²) >= 11 is 0. The van der Waals surface area contributed by atoms with Crippen molar-refractivity contribution in [3.05, 3.63) is 12.7 Å². The highest BCUT2D eigenvalue weighted by molar-refractivity contribution is 4.77. The number of rotatable bonds is 3. The van der Waals surface area contributed by atoms with Crippen molar-refractivity contribution in [1.82, 2.24) is 14.8 Å². The molecule has 0 spiro atoms. The van der Waals surface area contributed by atoms with Crippen LogP contribution in [0.25, 0.3) is 0 Å². The molecule has 72 valence electrons. The van der Waals surface area contributed by atoms with Crippen molar-refractivity contribution >= 4 is 0 Å². The summed E-state index contributed by atoms with van der Waals surface area (Å²) < 4.78 is 2.03. The molecular weight excluding hydrogens is 164 g/mol. The van der Waals surface area contributed by atoms with Crippen LogP contribution in [-0.4, -0.2) is 20.8 Å². The molecule has 1 aromatic rings. The van der Waals surface area contributed by atoms with Crippen LogP contribution in [0.4, 0.5) is 0 Å². The Morgan fingerprint density at radius 3 is 2.69 bits per heavy atom. The number of hydrogen-bond acceptors (Lipinski definition) is 3. The SMILES string of the molecule is NC1CCC(CCn2cnnc2)C1. The van der Waals surface area contributed by atoms with Gasteiger partial charge in [-0.15, -0.1) is 10.2 Å². The van der Waals surface area contributed by atoms with Gasteiger partial charge in [0.15, 0.2) is 0 Å². The van der Waals surface area contributed by atoms with Gasteiger partial charge in [0.1, 0.15) is 12.7 Å². The van der Waals surface area contributed by atoms with Crippen molar-refractivity contribution in [3.8, 4) is 0 Å². The van der Waals surface area contributed by atoms with Crippen LogP contribution in [0.5, 0.6) is 0 Å². The Hall–Kier alpha value is -0.900. The molecule has 1 aliphatic rings. The minimum atomic E-state index is 0.450. The lowest BCUT2D eigenvalue weighted by Crippen LogP contribution is -2.15. The quantitative estimate of drug-likeness (QED) is 0.748. The fourth-order valence-electron chi connectivity index (χ4n) is 2.05. The molecule has 0 aromatic carbocycles. The molecule has 2 unspecified atom stereocenters. The van der Waals surface area contributed by atoms with Crippen molar-refractivity contribution in [3.63, 3.8) is 0 Å². The van der Waals surface area contributed by atoms with E-state index in [1.807, 2.05) is 4.57 Å². The third-order valence-electron chi connectivity index (χ3n) is 2.84. The molecule has 0 amide bonds. The summed E-state index contributed by atoms with van der Waals surface area (Å²) in [5.74, 6) is 0.817. The van der Waals surface area contributed by atoms with E-state index in [2.05, 4.69) is 10.2 Å². The Bertz CT molecular complexity index is 244. The zero-order valence-electron chi connectivity index (χ0n) is 7.76. The largest absolute Gasteiger partial charge is 0.328 e. The Balaban J connectivity index is 1.74. The summed E-state index contributed by atoms with van der Waals surface area (Å²) in [6, 6.07) is 0.450. The third kappa shape index (κ3) is 2.28. The molecule has 1 aromatic heterocycles. The van der Waals surface area contributed by atoms with E-state index in [1.165, 1.54) is 25.7 Å². The molecule has 0 aliphatic heterocycles. The van der Waals surface area contributed by atoms with Crippen molar-refractivity contribution in [2.45, 2.75) is 38.3 Å². The van der Waals surface area contributed by atoms with Crippen LogP contribution < -0.4 is 5.73 Å². The Morgan fingerprint density at radius 2 is 2.08 bits per heavy atom. The Labute approximate surface area is 78.1 Å². The molecule has 13 heavy (non-hydrogen) atoms. The molecule has 1 aliphatic carbocycles. The number of aryl methyl sites for hydroxylation is 1. The molecule has 4 nitrogen and oxygen atoms in total. The van der Waals surface area contributed by atoms with Gasteiger partial charge in [-0.2, -0.15) is 0 Å². The van der Waals surface area contributed by atoms with Crippen LogP contribution in [-0.2, 0) is 6.54 Å². The minimum absolute atomic E-state index is 0.450. The maximum atomic E-state index is 5.84. The number of hydrogen-bond donors (Lipinski definition) is 1. The van der Waals surface area contributed by atoms with E-state index in [0.717, 1.165) is 12.5 Å². The van der Waals surface area contributed by atoms with Gasteiger partial charge in [0.25, 0.3) is 0 Å². The van der Waals surface area contributed by atoms with E-state index in [0.29, 0.717) is 6.04 Å². The van der Waals surface area contributed by atoms with Crippen molar-refractivity contribution in [2.75, 3.05) is 0 Å². The Morgan fingerprint density at radius 1 is 1.31 bits per heavy atom. The lowest BCUT2D eigenvalue weighted by atomic mass is 10.0. The second-order valence-electron chi connectivity index (χ2n) is 3.93. The second kappa shape index (κ2) is 3.87. The fraction of sp³-hybridized carbons (Fsp3) is 0.778. The lowest BCUT2D eigenvalue weighted by Gasteiger charge is -2.08. The van der Waals surface area contributed by atoms with Gasteiger partial charge in [0.05, 0.1) is 0 Å². The molecule has 1 fully saturated rings. The maximum Gasteiger partial charge on any atom is 0.119 e. The van der Waals surface area contributed by atoms with Gasteiger partial charge in [-0.05, 0) is 31.6 Å². The molecule has 0 bridgehead atoms. The standard InChI is InChI=1S/C9H16N4/c10-9-2-1-8(5-9)3-4-13-6-11-12-7-13/h6-9H,1-5,10H2. The average Bonchev–Trinajstić information content (AvgIpc) is 2.71. The van der Waals surface area contributed by atoms with E-state index in [9.17, 15) is 0 Å². The highest BCUT2D eigenvalue weighted by atomic mass is 15.2. The van der Waals surface area contributed by atoms with E-state index in [-0.39, 0.29) is 0 Å². The smallest absolute Gasteiger partial charge is 0.119 e. The van der Waals surface area contributed by atoms with Crippen LogP contribution in [0.1, 0.15) is 25.7 Å². The first-order valence-corrected chi connectivity index (χ1v) is 4.92. The first-order chi connectivity index (χ1) is 6.34. The molecule has 1 saturated carbocycles. The molecule has 2 rings (SSSR count). The van der Waals surface area contributed by atoms with Gasteiger partial charge < -0.3 is 10.3 Å². The molecule has 0 radical (unpaired) electrons. The number of nitrogens with zero attached hydrogens (tertiary/aromatic N) is 3. The van der Waals surface area contributed by atoms with E-state index >= 15 is 0 Å². The minimum Gasteiger partial charge on any atom is -0.328 e. The van der Waals surface area contributed by atoms with E-state index < -0.39 is 0 Å². The first kappa shape index (κ1) is 8.69. The van der Waals surface area contributed by atoms with Crippen LogP contribution in [0.2, 0.25) is 0 Å². The summed E-state index contributed by atoms with van der Waals surface area (Å²) in [7, 11) is 0. The summed E-state index contributed by atoms with van der Waals surface area (Å²) in [5, 5.41) is 7.54. The van der Waals surface area contributed by atoms with Gasteiger partial charge >= 0.3 is 0 Å². The lowest BCUT2D eigenvalue weighted by molar-refractivity contribution is 0.452. The summed E-state index contributed by atoms with van der Waals surface area (Å²) in [4.78, 5) is 0. The summed E-state index contributed by atoms with van der Waals surface area (Å²) in [5.41, 5.74) is 5.84. The maximum absolute atomic E-state index is 5.84. The van der Waals surface area contributed by atoms with Crippen molar-refractivity contribution in [1.29, 1.82) is 0 Å². The first-order valence-electron chi connectivity index (χ1n) is 4.92. The number of aromatic nitrogens is 3. The van der Waals surface area contributed by atoms with Crippen molar-refractivity contribution < 1.29 is 0 Å². The second-order valence-corrected chi connectivity index (χ2v) is 3.93. The van der Waals surface area contributed by atoms with Crippen LogP contribution in [0.3, 0.4) is 0 Å². The molecule has 2 atom stereocenters. The zero-order chi connectivity index (χ0) is 9.10. The normalized spacial score (nSPS) is 28.1. The van der Waals surface area contributed by atoms with Crippen LogP contribution in [0.15, 0.2) is 12.7 Å². The average molecular weight is 180 g/mol. The molecule has 2 N–H and O–H groups in total. The van der Waals surface area contributed by atoms with E-state index in [1.54, 1.807) is 12.7 Å². The van der Waals surface area contributed by atoms with Gasteiger partial charge in [-0.3, -0.25) is 0 Å². The Kier molecular flexibility index (Phi) is 2.59. The predicted octanol–water partition coefficient (Wildman–Crippen LogP) is 0.796.